The number of carbonyl (C=O) groups excluding carboxylic acids is 1. The van der Waals surface area contributed by atoms with E-state index in [0.717, 1.165) is 37.1 Å². The van der Waals surface area contributed by atoms with E-state index in [0.29, 0.717) is 0 Å². The molecule has 0 aliphatic rings. The summed E-state index contributed by atoms with van der Waals surface area (Å²) in [5.74, 6) is 0.0870. The van der Waals surface area contributed by atoms with Crippen molar-refractivity contribution in [1.29, 1.82) is 0 Å². The molecule has 0 aliphatic heterocycles. The third-order valence-corrected chi connectivity index (χ3v) is 6.38. The lowest BCUT2D eigenvalue weighted by Gasteiger charge is -2.15. The maximum absolute atomic E-state index is 13.6. The quantitative estimate of drug-likeness (QED) is 0.375. The molecule has 26 heavy (non-hydrogen) atoms. The van der Waals surface area contributed by atoms with Gasteiger partial charge in [-0.3, -0.25) is 4.79 Å². The maximum Gasteiger partial charge on any atom is 0.183 e. The zero-order valence-corrected chi connectivity index (χ0v) is 16.0. The molecule has 2 aromatic heterocycles. The standard InChI is InChI=1S/C20H17N3OS2/c1-12-17(15-10-6-7-11-16(15)21-12)18(24)19(14-8-4-3-5-9-14)26-20-23-22-13(2)25-20/h3-11,19,21H,1-2H3. The molecule has 4 aromatic rings. The van der Waals surface area contributed by atoms with E-state index in [1.165, 1.54) is 23.1 Å². The molecule has 0 radical (unpaired) electrons. The van der Waals surface area contributed by atoms with E-state index in [1.807, 2.05) is 68.4 Å². The molecule has 0 fully saturated rings. The van der Waals surface area contributed by atoms with Crippen LogP contribution < -0.4 is 0 Å². The van der Waals surface area contributed by atoms with Gasteiger partial charge in [-0.15, -0.1) is 10.2 Å². The molecular formula is C20H17N3OS2. The Balaban J connectivity index is 1.80. The number of nitrogens with zero attached hydrogens (tertiary/aromatic N) is 2. The molecule has 0 bridgehead atoms. The fourth-order valence-corrected chi connectivity index (χ4v) is 5.12. The summed E-state index contributed by atoms with van der Waals surface area (Å²) >= 11 is 2.98. The Bertz CT molecular complexity index is 1070. The van der Waals surface area contributed by atoms with Crippen LogP contribution >= 0.6 is 23.1 Å². The van der Waals surface area contributed by atoms with Crippen LogP contribution in [0.2, 0.25) is 0 Å². The summed E-state index contributed by atoms with van der Waals surface area (Å²) in [7, 11) is 0. The van der Waals surface area contributed by atoms with Gasteiger partial charge in [0, 0.05) is 22.2 Å². The molecule has 2 aromatic carbocycles. The van der Waals surface area contributed by atoms with Crippen LogP contribution in [0.5, 0.6) is 0 Å². The highest BCUT2D eigenvalue weighted by Gasteiger charge is 2.28. The van der Waals surface area contributed by atoms with Crippen LogP contribution in [0, 0.1) is 13.8 Å². The zero-order chi connectivity index (χ0) is 18.1. The average molecular weight is 380 g/mol. The van der Waals surface area contributed by atoms with Crippen molar-refractivity contribution in [3.05, 3.63) is 76.4 Å². The fourth-order valence-electron chi connectivity index (χ4n) is 3.05. The number of benzene rings is 2. The van der Waals surface area contributed by atoms with Gasteiger partial charge in [0.25, 0.3) is 0 Å². The van der Waals surface area contributed by atoms with Crippen molar-refractivity contribution in [3.63, 3.8) is 0 Å². The smallest absolute Gasteiger partial charge is 0.183 e. The monoisotopic (exact) mass is 379 g/mol. The summed E-state index contributed by atoms with van der Waals surface area (Å²) in [6, 6.07) is 17.8. The summed E-state index contributed by atoms with van der Waals surface area (Å²) in [5.41, 5.74) is 3.60. The normalized spacial score (nSPS) is 12.4. The van der Waals surface area contributed by atoms with Gasteiger partial charge in [0.15, 0.2) is 10.1 Å². The second kappa shape index (κ2) is 7.05. The number of aryl methyl sites for hydroxylation is 2. The van der Waals surface area contributed by atoms with Crippen molar-refractivity contribution >= 4 is 39.8 Å². The lowest BCUT2D eigenvalue weighted by molar-refractivity contribution is 0.0990. The topological polar surface area (TPSA) is 58.6 Å². The first-order valence-corrected chi connectivity index (χ1v) is 9.96. The van der Waals surface area contributed by atoms with Crippen molar-refractivity contribution < 1.29 is 4.79 Å². The second-order valence-corrected chi connectivity index (χ2v) is 8.56. The lowest BCUT2D eigenvalue weighted by atomic mass is 10.00. The Morgan fingerprint density at radius 3 is 2.50 bits per heavy atom. The van der Waals surface area contributed by atoms with Crippen LogP contribution in [0.4, 0.5) is 0 Å². The highest BCUT2D eigenvalue weighted by atomic mass is 32.2. The molecule has 0 amide bonds. The Morgan fingerprint density at radius 2 is 1.77 bits per heavy atom. The first-order valence-electron chi connectivity index (χ1n) is 8.26. The number of carbonyl (C=O) groups is 1. The van der Waals surface area contributed by atoms with Crippen LogP contribution in [0.1, 0.15) is 31.9 Å². The number of hydrogen-bond acceptors (Lipinski definition) is 5. The number of nitrogens with one attached hydrogen (secondary N) is 1. The van der Waals surface area contributed by atoms with Gasteiger partial charge in [-0.05, 0) is 25.5 Å². The number of fused-ring (bicyclic) bond motifs is 1. The number of rotatable bonds is 5. The molecular weight excluding hydrogens is 362 g/mol. The van der Waals surface area contributed by atoms with Crippen LogP contribution in [-0.4, -0.2) is 21.0 Å². The molecule has 0 saturated carbocycles. The summed E-state index contributed by atoms with van der Waals surface area (Å²) in [4.78, 5) is 16.9. The molecule has 0 saturated heterocycles. The second-order valence-electron chi connectivity index (χ2n) is 6.03. The Morgan fingerprint density at radius 1 is 1.04 bits per heavy atom. The third-order valence-electron chi connectivity index (χ3n) is 4.21. The van der Waals surface area contributed by atoms with Gasteiger partial charge in [0.1, 0.15) is 10.3 Å². The molecule has 2 heterocycles. The van der Waals surface area contributed by atoms with Gasteiger partial charge < -0.3 is 4.98 Å². The molecule has 1 unspecified atom stereocenters. The summed E-state index contributed by atoms with van der Waals surface area (Å²) in [6.45, 7) is 3.87. The molecule has 0 aliphatic carbocycles. The fraction of sp³-hybridized carbons (Fsp3) is 0.150. The summed E-state index contributed by atoms with van der Waals surface area (Å²) < 4.78 is 0.808. The molecule has 4 nitrogen and oxygen atoms in total. The minimum absolute atomic E-state index is 0.0870. The number of Topliss-reactive ketones (excluding diaryl/α,β-unsaturated/α-hetero) is 1. The van der Waals surface area contributed by atoms with E-state index in [4.69, 9.17) is 0 Å². The number of thioether (sulfide) groups is 1. The molecule has 4 rings (SSSR count). The third kappa shape index (κ3) is 3.18. The van der Waals surface area contributed by atoms with Crippen LogP contribution in [0.15, 0.2) is 58.9 Å². The molecule has 0 spiro atoms. The molecule has 130 valence electrons. The SMILES string of the molecule is Cc1nnc(SC(C(=O)c2c(C)[nH]c3ccccc23)c2ccccc2)s1. The van der Waals surface area contributed by atoms with Crippen LogP contribution in [-0.2, 0) is 0 Å². The first kappa shape index (κ1) is 17.0. The predicted octanol–water partition coefficient (Wildman–Crippen LogP) is 5.35. The van der Waals surface area contributed by atoms with Crippen molar-refractivity contribution in [2.24, 2.45) is 0 Å². The van der Waals surface area contributed by atoms with E-state index in [-0.39, 0.29) is 11.0 Å². The first-order chi connectivity index (χ1) is 12.6. The van der Waals surface area contributed by atoms with Crippen molar-refractivity contribution in [3.8, 4) is 0 Å². The number of aromatic nitrogens is 3. The van der Waals surface area contributed by atoms with Gasteiger partial charge in [0.05, 0.1) is 0 Å². The summed E-state index contributed by atoms with van der Waals surface area (Å²) in [6.07, 6.45) is 0. The van der Waals surface area contributed by atoms with Gasteiger partial charge in [0.2, 0.25) is 0 Å². The van der Waals surface area contributed by atoms with Crippen LogP contribution in [0.25, 0.3) is 10.9 Å². The van der Waals surface area contributed by atoms with E-state index in [1.54, 1.807) is 0 Å². The number of hydrogen-bond donors (Lipinski definition) is 1. The van der Waals surface area contributed by atoms with Crippen LogP contribution in [0.3, 0.4) is 0 Å². The number of aromatic amines is 1. The Hall–Kier alpha value is -2.44. The highest BCUT2D eigenvalue weighted by Crippen LogP contribution is 2.40. The predicted molar refractivity (Wildman–Crippen MR) is 107 cm³/mol. The minimum Gasteiger partial charge on any atom is -0.358 e. The largest absolute Gasteiger partial charge is 0.358 e. The maximum atomic E-state index is 13.6. The van der Waals surface area contributed by atoms with E-state index in [9.17, 15) is 4.79 Å². The van der Waals surface area contributed by atoms with Crippen molar-refractivity contribution in [2.45, 2.75) is 23.4 Å². The highest BCUT2D eigenvalue weighted by molar-refractivity contribution is 8.01. The van der Waals surface area contributed by atoms with E-state index < -0.39 is 0 Å². The van der Waals surface area contributed by atoms with Gasteiger partial charge in [-0.1, -0.05) is 71.6 Å². The van der Waals surface area contributed by atoms with Gasteiger partial charge in [-0.25, -0.2) is 0 Å². The van der Waals surface area contributed by atoms with E-state index in [2.05, 4.69) is 15.2 Å². The number of para-hydroxylation sites is 1. The Labute approximate surface area is 159 Å². The minimum atomic E-state index is -0.360. The zero-order valence-electron chi connectivity index (χ0n) is 14.4. The van der Waals surface area contributed by atoms with Gasteiger partial charge >= 0.3 is 0 Å². The average Bonchev–Trinajstić information content (AvgIpc) is 3.21. The molecule has 1 N–H and O–H groups in total. The van der Waals surface area contributed by atoms with Gasteiger partial charge in [-0.2, -0.15) is 0 Å². The number of ketones is 1. The summed E-state index contributed by atoms with van der Waals surface area (Å²) in [5, 5.41) is 9.79. The lowest BCUT2D eigenvalue weighted by Crippen LogP contribution is -2.11. The molecule has 6 heteroatoms. The van der Waals surface area contributed by atoms with E-state index >= 15 is 0 Å². The Kier molecular flexibility index (Phi) is 4.61. The van der Waals surface area contributed by atoms with Crippen molar-refractivity contribution in [2.75, 3.05) is 0 Å². The van der Waals surface area contributed by atoms with Crippen molar-refractivity contribution in [1.82, 2.24) is 15.2 Å². The molecule has 1 atom stereocenters. The number of H-pyrrole nitrogens is 1.